The lowest BCUT2D eigenvalue weighted by atomic mass is 9.96. The number of hydrogen-bond donors (Lipinski definition) is 1. The number of nitrogens with zero attached hydrogens (tertiary/aromatic N) is 3. The summed E-state index contributed by atoms with van der Waals surface area (Å²) in [4.78, 5) is 8.53. The third-order valence-electron chi connectivity index (χ3n) is 4.53. The number of thiazole rings is 1. The summed E-state index contributed by atoms with van der Waals surface area (Å²) in [7, 11) is 2.01. The first kappa shape index (κ1) is 14.9. The number of anilines is 1. The summed E-state index contributed by atoms with van der Waals surface area (Å²) in [5.74, 6) is 2.12. The van der Waals surface area contributed by atoms with Crippen molar-refractivity contribution in [2.24, 2.45) is 5.92 Å². The molecule has 0 spiro atoms. The summed E-state index contributed by atoms with van der Waals surface area (Å²) in [6.45, 7) is 5.49. The molecule has 3 heterocycles. The van der Waals surface area contributed by atoms with Crippen molar-refractivity contribution in [2.75, 3.05) is 25.0 Å². The highest BCUT2D eigenvalue weighted by Gasteiger charge is 2.22. The molecule has 0 aromatic carbocycles. The molecular weight excluding hydrogens is 280 g/mol. The van der Waals surface area contributed by atoms with Gasteiger partial charge in [-0.15, -0.1) is 11.3 Å². The van der Waals surface area contributed by atoms with Crippen LogP contribution in [0.1, 0.15) is 44.7 Å². The van der Waals surface area contributed by atoms with Crippen LogP contribution in [0.3, 0.4) is 0 Å². The Balaban J connectivity index is 1.82. The quantitative estimate of drug-likeness (QED) is 0.917. The number of rotatable bonds is 5. The van der Waals surface area contributed by atoms with Crippen molar-refractivity contribution < 1.29 is 0 Å². The topological polar surface area (TPSA) is 32.6 Å². The van der Waals surface area contributed by atoms with Gasteiger partial charge in [0.25, 0.3) is 0 Å². The average molecular weight is 306 g/mol. The van der Waals surface area contributed by atoms with Gasteiger partial charge in [0.15, 0.2) is 10.8 Å². The Bertz CT molecular complexity index is 574. The van der Waals surface area contributed by atoms with Gasteiger partial charge in [-0.2, -0.15) is 0 Å². The normalized spacial score (nSPS) is 20.1. The molecule has 1 aliphatic rings. The third kappa shape index (κ3) is 3.09. The zero-order valence-electron chi connectivity index (χ0n) is 13.1. The van der Waals surface area contributed by atoms with Crippen LogP contribution in [0.15, 0.2) is 11.6 Å². The minimum atomic E-state index is 0.877. The molecule has 0 saturated carbocycles. The smallest absolute Gasteiger partial charge is 0.195 e. The van der Waals surface area contributed by atoms with Crippen LogP contribution in [0, 0.1) is 5.92 Å². The second-order valence-electron chi connectivity index (χ2n) is 6.04. The summed E-state index contributed by atoms with van der Waals surface area (Å²) < 4.78 is 2.24. The molecule has 2 aromatic rings. The molecule has 1 unspecified atom stereocenters. The van der Waals surface area contributed by atoms with E-state index in [0.717, 1.165) is 30.5 Å². The Morgan fingerprint density at radius 1 is 1.38 bits per heavy atom. The minimum Gasteiger partial charge on any atom is -0.355 e. The first-order valence-electron chi connectivity index (χ1n) is 8.17. The molecule has 0 radical (unpaired) electrons. The number of imidazole rings is 1. The highest BCUT2D eigenvalue weighted by Crippen LogP contribution is 2.29. The Morgan fingerprint density at radius 2 is 2.29 bits per heavy atom. The molecule has 1 aliphatic heterocycles. The second-order valence-corrected chi connectivity index (χ2v) is 6.91. The van der Waals surface area contributed by atoms with Gasteiger partial charge in [-0.1, -0.05) is 19.8 Å². The largest absolute Gasteiger partial charge is 0.355 e. The van der Waals surface area contributed by atoms with Crippen molar-refractivity contribution in [3.8, 4) is 0 Å². The van der Waals surface area contributed by atoms with Gasteiger partial charge < -0.3 is 10.2 Å². The van der Waals surface area contributed by atoms with Crippen molar-refractivity contribution in [2.45, 2.75) is 45.6 Å². The Labute approximate surface area is 131 Å². The molecule has 21 heavy (non-hydrogen) atoms. The second kappa shape index (κ2) is 6.79. The van der Waals surface area contributed by atoms with Crippen LogP contribution in [0.25, 0.3) is 4.96 Å². The molecule has 0 bridgehead atoms. The monoisotopic (exact) mass is 306 g/mol. The molecule has 1 atom stereocenters. The van der Waals surface area contributed by atoms with Crippen molar-refractivity contribution in [1.82, 2.24) is 14.7 Å². The predicted molar refractivity (Wildman–Crippen MR) is 90.3 cm³/mol. The van der Waals surface area contributed by atoms with Crippen molar-refractivity contribution in [3.63, 3.8) is 0 Å². The van der Waals surface area contributed by atoms with E-state index >= 15 is 0 Å². The molecule has 4 nitrogen and oxygen atoms in total. The Morgan fingerprint density at radius 3 is 3.10 bits per heavy atom. The first-order valence-corrected chi connectivity index (χ1v) is 9.05. The van der Waals surface area contributed by atoms with Crippen LogP contribution < -0.4 is 10.2 Å². The van der Waals surface area contributed by atoms with Gasteiger partial charge in [0.1, 0.15) is 0 Å². The van der Waals surface area contributed by atoms with E-state index in [1.807, 2.05) is 7.05 Å². The van der Waals surface area contributed by atoms with E-state index in [-0.39, 0.29) is 0 Å². The van der Waals surface area contributed by atoms with Crippen LogP contribution in [0.4, 0.5) is 5.82 Å². The highest BCUT2D eigenvalue weighted by atomic mass is 32.1. The highest BCUT2D eigenvalue weighted by molar-refractivity contribution is 7.15. The molecule has 0 aliphatic carbocycles. The summed E-state index contributed by atoms with van der Waals surface area (Å²) >= 11 is 1.72. The average Bonchev–Trinajstić information content (AvgIpc) is 2.97. The lowest BCUT2D eigenvalue weighted by Gasteiger charge is -2.22. The van der Waals surface area contributed by atoms with E-state index in [4.69, 9.17) is 4.98 Å². The van der Waals surface area contributed by atoms with Gasteiger partial charge in [-0.3, -0.25) is 4.40 Å². The predicted octanol–water partition coefficient (Wildman–Crippen LogP) is 3.52. The molecule has 0 amide bonds. The van der Waals surface area contributed by atoms with Gasteiger partial charge in [-0.25, -0.2) is 4.98 Å². The maximum atomic E-state index is 4.90. The number of aromatic nitrogens is 2. The third-order valence-corrected chi connectivity index (χ3v) is 5.28. The zero-order chi connectivity index (χ0) is 14.7. The molecule has 3 rings (SSSR count). The maximum absolute atomic E-state index is 4.90. The van der Waals surface area contributed by atoms with Gasteiger partial charge >= 0.3 is 0 Å². The van der Waals surface area contributed by atoms with Gasteiger partial charge in [-0.05, 0) is 32.2 Å². The summed E-state index contributed by atoms with van der Waals surface area (Å²) in [6.07, 6.45) is 8.84. The van der Waals surface area contributed by atoms with Crippen LogP contribution in [0.2, 0.25) is 0 Å². The number of nitrogens with one attached hydrogen (secondary N) is 1. The van der Waals surface area contributed by atoms with Crippen molar-refractivity contribution >= 4 is 22.1 Å². The van der Waals surface area contributed by atoms with Gasteiger partial charge in [0, 0.05) is 31.2 Å². The Kier molecular flexibility index (Phi) is 4.80. The van der Waals surface area contributed by atoms with E-state index in [9.17, 15) is 0 Å². The zero-order valence-corrected chi connectivity index (χ0v) is 14.0. The minimum absolute atomic E-state index is 0.877. The fourth-order valence-corrected chi connectivity index (χ4v) is 4.21. The van der Waals surface area contributed by atoms with E-state index in [2.05, 4.69) is 33.1 Å². The molecule has 116 valence electrons. The molecule has 5 heteroatoms. The van der Waals surface area contributed by atoms with Gasteiger partial charge in [0.2, 0.25) is 0 Å². The van der Waals surface area contributed by atoms with Crippen molar-refractivity contribution in [3.05, 3.63) is 17.3 Å². The molecule has 1 saturated heterocycles. The summed E-state index contributed by atoms with van der Waals surface area (Å²) in [5, 5.41) is 5.41. The van der Waals surface area contributed by atoms with Crippen molar-refractivity contribution in [1.29, 1.82) is 0 Å². The van der Waals surface area contributed by atoms with E-state index in [1.54, 1.807) is 11.3 Å². The lowest BCUT2D eigenvalue weighted by molar-refractivity contribution is 0.435. The number of hydrogen-bond acceptors (Lipinski definition) is 4. The maximum Gasteiger partial charge on any atom is 0.195 e. The molecule has 2 aromatic heterocycles. The van der Waals surface area contributed by atoms with E-state index in [1.165, 1.54) is 43.6 Å². The van der Waals surface area contributed by atoms with Gasteiger partial charge in [0.05, 0.1) is 5.69 Å². The molecule has 1 fully saturated rings. The van der Waals surface area contributed by atoms with Crippen LogP contribution >= 0.6 is 11.3 Å². The first-order chi connectivity index (χ1) is 10.3. The fraction of sp³-hybridized carbons (Fsp3) is 0.688. The fourth-order valence-electron chi connectivity index (χ4n) is 3.48. The van der Waals surface area contributed by atoms with E-state index < -0.39 is 0 Å². The van der Waals surface area contributed by atoms with Crippen LogP contribution in [0.5, 0.6) is 0 Å². The SMILES string of the molecule is CCCC1CCCN(c2nc3sccn3c2CNC)CC1. The van der Waals surface area contributed by atoms with Crippen LogP contribution in [-0.4, -0.2) is 29.5 Å². The summed E-state index contributed by atoms with van der Waals surface area (Å²) in [6, 6.07) is 0. The number of fused-ring (bicyclic) bond motifs is 1. The molecule has 1 N–H and O–H groups in total. The summed E-state index contributed by atoms with van der Waals surface area (Å²) in [5.41, 5.74) is 1.31. The standard InChI is InChI=1S/C16H26N4S/c1-3-5-13-6-4-8-19(9-7-13)15-14(12-17-2)20-10-11-21-16(20)18-15/h10-11,13,17H,3-9,12H2,1-2H3. The lowest BCUT2D eigenvalue weighted by Crippen LogP contribution is -2.26. The van der Waals surface area contributed by atoms with E-state index in [0.29, 0.717) is 0 Å². The molecular formula is C16H26N4S. The van der Waals surface area contributed by atoms with Crippen LogP contribution in [-0.2, 0) is 6.54 Å². The Hall–Kier alpha value is -1.07.